The number of imide groups is 1. The Morgan fingerprint density at radius 3 is 2.42 bits per heavy atom. The Morgan fingerprint density at radius 1 is 1.29 bits per heavy atom. The first-order valence-electron chi connectivity index (χ1n) is 7.79. The van der Waals surface area contributed by atoms with Crippen molar-refractivity contribution in [2.45, 2.75) is 33.2 Å². The molecule has 2 N–H and O–H groups in total. The van der Waals surface area contributed by atoms with Crippen molar-refractivity contribution >= 4 is 17.8 Å². The van der Waals surface area contributed by atoms with Crippen molar-refractivity contribution in [3.63, 3.8) is 0 Å². The maximum absolute atomic E-state index is 13.1. The van der Waals surface area contributed by atoms with Crippen LogP contribution in [0.5, 0.6) is 0 Å². The first-order chi connectivity index (χ1) is 11.2. The van der Waals surface area contributed by atoms with E-state index in [2.05, 4.69) is 10.6 Å². The molecule has 2 rings (SSSR count). The van der Waals surface area contributed by atoms with Crippen LogP contribution in [0.1, 0.15) is 38.8 Å². The second kappa shape index (κ2) is 6.98. The molecule has 24 heavy (non-hydrogen) atoms. The van der Waals surface area contributed by atoms with Gasteiger partial charge in [0.15, 0.2) is 0 Å². The number of hydrogen-bond acceptors (Lipinski definition) is 3. The molecule has 0 bridgehead atoms. The molecule has 1 heterocycles. The Morgan fingerprint density at radius 2 is 1.92 bits per heavy atom. The molecular weight excluding hydrogens is 313 g/mol. The molecule has 6 nitrogen and oxygen atoms in total. The van der Waals surface area contributed by atoms with Crippen molar-refractivity contribution in [3.8, 4) is 0 Å². The van der Waals surface area contributed by atoms with Gasteiger partial charge in [0.2, 0.25) is 5.91 Å². The predicted molar refractivity (Wildman–Crippen MR) is 86.5 cm³/mol. The third-order valence-electron chi connectivity index (χ3n) is 3.66. The number of urea groups is 1. The van der Waals surface area contributed by atoms with E-state index < -0.39 is 17.8 Å². The summed E-state index contributed by atoms with van der Waals surface area (Å²) in [5.41, 5.74) is 0.699. The summed E-state index contributed by atoms with van der Waals surface area (Å²) in [5.74, 6) is -1.21. The van der Waals surface area contributed by atoms with Crippen LogP contribution in [0.2, 0.25) is 0 Å². The second-order valence-corrected chi connectivity index (χ2v) is 7.08. The number of benzene rings is 1. The standard InChI is InChI=1S/C17H22FN3O3/c1-17(2,3)8-13(11-4-6-12(18)7-5-11)20-14(22)10-21-15(23)9-19-16(21)24/h4-7,13H,8-10H2,1-3H3,(H,19,24)(H,20,22). The van der Waals surface area contributed by atoms with Gasteiger partial charge in [-0.1, -0.05) is 32.9 Å². The van der Waals surface area contributed by atoms with Crippen molar-refractivity contribution in [3.05, 3.63) is 35.6 Å². The van der Waals surface area contributed by atoms with Gasteiger partial charge in [-0.25, -0.2) is 9.18 Å². The summed E-state index contributed by atoms with van der Waals surface area (Å²) in [6, 6.07) is 5.03. The quantitative estimate of drug-likeness (QED) is 0.808. The van der Waals surface area contributed by atoms with Crippen LogP contribution < -0.4 is 10.6 Å². The van der Waals surface area contributed by atoms with Crippen LogP contribution in [0.15, 0.2) is 24.3 Å². The number of halogens is 1. The van der Waals surface area contributed by atoms with E-state index in [0.29, 0.717) is 6.42 Å². The van der Waals surface area contributed by atoms with Gasteiger partial charge in [-0.05, 0) is 29.5 Å². The molecule has 7 heteroatoms. The minimum absolute atomic E-state index is 0.0762. The highest BCUT2D eigenvalue weighted by Crippen LogP contribution is 2.29. The largest absolute Gasteiger partial charge is 0.348 e. The van der Waals surface area contributed by atoms with E-state index in [1.54, 1.807) is 12.1 Å². The maximum atomic E-state index is 13.1. The van der Waals surface area contributed by atoms with Crippen LogP contribution in [0.4, 0.5) is 9.18 Å². The fourth-order valence-electron chi connectivity index (χ4n) is 2.56. The highest BCUT2D eigenvalue weighted by molar-refractivity contribution is 6.04. The summed E-state index contributed by atoms with van der Waals surface area (Å²) in [6.07, 6.45) is 0.629. The molecule has 1 aromatic rings. The van der Waals surface area contributed by atoms with E-state index in [0.717, 1.165) is 10.5 Å². The molecule has 1 aliphatic rings. The second-order valence-electron chi connectivity index (χ2n) is 7.08. The molecule has 0 saturated carbocycles. The van der Waals surface area contributed by atoms with Gasteiger partial charge in [0.1, 0.15) is 12.4 Å². The third-order valence-corrected chi connectivity index (χ3v) is 3.66. The average molecular weight is 335 g/mol. The minimum atomic E-state index is -0.565. The van der Waals surface area contributed by atoms with E-state index in [1.807, 2.05) is 20.8 Å². The predicted octanol–water partition coefficient (Wildman–Crippen LogP) is 1.97. The summed E-state index contributed by atoms with van der Waals surface area (Å²) in [6.45, 7) is 5.69. The lowest BCUT2D eigenvalue weighted by molar-refractivity contribution is -0.131. The van der Waals surface area contributed by atoms with Crippen LogP contribution in [0.3, 0.4) is 0 Å². The van der Waals surface area contributed by atoms with Gasteiger partial charge in [0.25, 0.3) is 5.91 Å². The molecule has 0 aliphatic carbocycles. The first-order valence-corrected chi connectivity index (χ1v) is 7.79. The Balaban J connectivity index is 2.09. The van der Waals surface area contributed by atoms with Crippen LogP contribution in [0, 0.1) is 11.2 Å². The van der Waals surface area contributed by atoms with Gasteiger partial charge in [-0.15, -0.1) is 0 Å². The molecule has 0 spiro atoms. The summed E-state index contributed by atoms with van der Waals surface area (Å²) >= 11 is 0. The van der Waals surface area contributed by atoms with Gasteiger partial charge in [-0.3, -0.25) is 14.5 Å². The summed E-state index contributed by atoms with van der Waals surface area (Å²) in [5, 5.41) is 5.21. The number of nitrogens with one attached hydrogen (secondary N) is 2. The normalized spacial score (nSPS) is 16.1. The lowest BCUT2D eigenvalue weighted by Gasteiger charge is -2.27. The zero-order chi connectivity index (χ0) is 17.9. The maximum Gasteiger partial charge on any atom is 0.325 e. The van der Waals surface area contributed by atoms with E-state index in [1.165, 1.54) is 12.1 Å². The average Bonchev–Trinajstić information content (AvgIpc) is 2.78. The van der Waals surface area contributed by atoms with E-state index in [4.69, 9.17) is 0 Å². The molecule has 0 radical (unpaired) electrons. The third kappa shape index (κ3) is 4.78. The minimum Gasteiger partial charge on any atom is -0.348 e. The fraction of sp³-hybridized carbons (Fsp3) is 0.471. The monoisotopic (exact) mass is 335 g/mol. The molecule has 1 atom stereocenters. The SMILES string of the molecule is CC(C)(C)CC(NC(=O)CN1C(=O)CNC1=O)c1ccc(F)cc1. The van der Waals surface area contributed by atoms with Gasteiger partial charge >= 0.3 is 6.03 Å². The molecule has 1 aromatic carbocycles. The lowest BCUT2D eigenvalue weighted by atomic mass is 9.85. The summed E-state index contributed by atoms with van der Waals surface area (Å²) in [4.78, 5) is 36.2. The summed E-state index contributed by atoms with van der Waals surface area (Å²) < 4.78 is 13.1. The number of nitrogens with zero attached hydrogens (tertiary/aromatic N) is 1. The van der Waals surface area contributed by atoms with Crippen molar-refractivity contribution in [2.75, 3.05) is 13.1 Å². The fourth-order valence-corrected chi connectivity index (χ4v) is 2.56. The summed E-state index contributed by atoms with van der Waals surface area (Å²) in [7, 11) is 0. The van der Waals surface area contributed by atoms with E-state index in [9.17, 15) is 18.8 Å². The van der Waals surface area contributed by atoms with Crippen molar-refractivity contribution in [1.82, 2.24) is 15.5 Å². The smallest absolute Gasteiger partial charge is 0.325 e. The van der Waals surface area contributed by atoms with Crippen molar-refractivity contribution in [2.24, 2.45) is 5.41 Å². The number of carbonyl (C=O) groups excluding carboxylic acids is 3. The Kier molecular flexibility index (Phi) is 5.21. The molecule has 0 aromatic heterocycles. The van der Waals surface area contributed by atoms with Crippen molar-refractivity contribution < 1.29 is 18.8 Å². The molecule has 1 saturated heterocycles. The number of rotatable bonds is 5. The highest BCUT2D eigenvalue weighted by Gasteiger charge is 2.31. The molecular formula is C17H22FN3O3. The molecule has 130 valence electrons. The highest BCUT2D eigenvalue weighted by atomic mass is 19.1. The van der Waals surface area contributed by atoms with Crippen LogP contribution in [0.25, 0.3) is 0 Å². The number of hydrogen-bond donors (Lipinski definition) is 2. The van der Waals surface area contributed by atoms with Gasteiger partial charge in [0, 0.05) is 0 Å². The molecule has 1 fully saturated rings. The lowest BCUT2D eigenvalue weighted by Crippen LogP contribution is -2.42. The zero-order valence-electron chi connectivity index (χ0n) is 14.1. The van der Waals surface area contributed by atoms with Crippen molar-refractivity contribution in [1.29, 1.82) is 0 Å². The zero-order valence-corrected chi connectivity index (χ0v) is 14.1. The van der Waals surface area contributed by atoms with Crippen LogP contribution >= 0.6 is 0 Å². The molecule has 4 amide bonds. The van der Waals surface area contributed by atoms with Crippen LogP contribution in [-0.2, 0) is 9.59 Å². The number of carbonyl (C=O) groups is 3. The molecule has 1 unspecified atom stereocenters. The Bertz CT molecular complexity index is 621. The van der Waals surface area contributed by atoms with E-state index >= 15 is 0 Å². The Labute approximate surface area is 140 Å². The van der Waals surface area contributed by atoms with Gasteiger partial charge in [0.05, 0.1) is 12.6 Å². The number of amides is 4. The Hall–Kier alpha value is -2.44. The van der Waals surface area contributed by atoms with Gasteiger partial charge in [-0.2, -0.15) is 0 Å². The van der Waals surface area contributed by atoms with Crippen LogP contribution in [-0.4, -0.2) is 35.8 Å². The molecule has 1 aliphatic heterocycles. The van der Waals surface area contributed by atoms with Gasteiger partial charge < -0.3 is 10.6 Å². The first kappa shape index (κ1) is 17.9. The topological polar surface area (TPSA) is 78.5 Å². The van der Waals surface area contributed by atoms with E-state index in [-0.39, 0.29) is 30.4 Å².